The fourth-order valence-electron chi connectivity index (χ4n) is 2.24. The number of aliphatic imine (C=N–C) groups is 1. The van der Waals surface area contributed by atoms with Crippen LogP contribution in [0.5, 0.6) is 0 Å². The molecule has 21 heavy (non-hydrogen) atoms. The largest absolute Gasteiger partial charge is 0.340 e. The lowest BCUT2D eigenvalue weighted by Gasteiger charge is -2.15. The molecule has 0 aliphatic carbocycles. The molecule has 0 saturated carbocycles. The molecule has 0 saturated heterocycles. The van der Waals surface area contributed by atoms with Gasteiger partial charge in [0.25, 0.3) is 0 Å². The quantitative estimate of drug-likeness (QED) is 0.829. The average Bonchev–Trinajstić information content (AvgIpc) is 2.47. The highest BCUT2D eigenvalue weighted by molar-refractivity contribution is 5.86. The molecule has 0 bridgehead atoms. The van der Waals surface area contributed by atoms with E-state index in [0.29, 0.717) is 0 Å². The maximum Gasteiger partial charge on any atom is 0.130 e. The van der Waals surface area contributed by atoms with E-state index in [-0.39, 0.29) is 0 Å². The lowest BCUT2D eigenvalue weighted by molar-refractivity contribution is 1.23. The second-order valence-electron chi connectivity index (χ2n) is 5.21. The first-order valence-corrected chi connectivity index (χ1v) is 6.97. The van der Waals surface area contributed by atoms with Crippen LogP contribution in [0.15, 0.2) is 42.2 Å². The van der Waals surface area contributed by atoms with Gasteiger partial charge in [-0.2, -0.15) is 0 Å². The predicted molar refractivity (Wildman–Crippen MR) is 90.7 cm³/mol. The van der Waals surface area contributed by atoms with E-state index in [9.17, 15) is 0 Å². The van der Waals surface area contributed by atoms with Crippen molar-refractivity contribution in [1.82, 2.24) is 4.98 Å². The third-order valence-electron chi connectivity index (χ3n) is 3.64. The van der Waals surface area contributed by atoms with Gasteiger partial charge in [0, 0.05) is 24.3 Å². The predicted octanol–water partition coefficient (Wildman–Crippen LogP) is 4.62. The SMILES string of the molecule is C=C/N=C\c1c(C)cc(Nc2ccc(C)cn2)c(C)c1C. The molecule has 3 heteroatoms. The molecule has 0 amide bonds. The second kappa shape index (κ2) is 6.35. The highest BCUT2D eigenvalue weighted by Gasteiger charge is 2.09. The Morgan fingerprint density at radius 3 is 2.52 bits per heavy atom. The molecule has 0 spiro atoms. The van der Waals surface area contributed by atoms with Crippen molar-refractivity contribution in [3.8, 4) is 0 Å². The van der Waals surface area contributed by atoms with Crippen LogP contribution in [0.1, 0.15) is 27.8 Å². The molecule has 0 aliphatic rings. The van der Waals surface area contributed by atoms with Crippen LogP contribution < -0.4 is 5.32 Å². The van der Waals surface area contributed by atoms with E-state index in [1.165, 1.54) is 16.7 Å². The normalized spacial score (nSPS) is 10.9. The van der Waals surface area contributed by atoms with Gasteiger partial charge in [-0.15, -0.1) is 0 Å². The molecule has 1 heterocycles. The summed E-state index contributed by atoms with van der Waals surface area (Å²) in [6.45, 7) is 12.0. The highest BCUT2D eigenvalue weighted by Crippen LogP contribution is 2.27. The Bertz CT molecular complexity index is 683. The van der Waals surface area contributed by atoms with Crippen molar-refractivity contribution in [2.45, 2.75) is 27.7 Å². The van der Waals surface area contributed by atoms with Gasteiger partial charge in [-0.1, -0.05) is 12.6 Å². The van der Waals surface area contributed by atoms with Crippen molar-refractivity contribution in [2.75, 3.05) is 5.32 Å². The number of anilines is 2. The third-order valence-corrected chi connectivity index (χ3v) is 3.64. The number of hydrogen-bond acceptors (Lipinski definition) is 3. The fourth-order valence-corrected chi connectivity index (χ4v) is 2.24. The van der Waals surface area contributed by atoms with Gasteiger partial charge in [0.15, 0.2) is 0 Å². The van der Waals surface area contributed by atoms with Crippen LogP contribution in [-0.4, -0.2) is 11.2 Å². The number of benzene rings is 1. The van der Waals surface area contributed by atoms with Crippen LogP contribution in [0, 0.1) is 27.7 Å². The fraction of sp³-hybridized carbons (Fsp3) is 0.222. The first kappa shape index (κ1) is 15.0. The smallest absolute Gasteiger partial charge is 0.130 e. The first-order valence-electron chi connectivity index (χ1n) is 6.97. The van der Waals surface area contributed by atoms with Crippen molar-refractivity contribution in [1.29, 1.82) is 0 Å². The van der Waals surface area contributed by atoms with E-state index in [4.69, 9.17) is 0 Å². The zero-order valence-electron chi connectivity index (χ0n) is 13.1. The number of aryl methyl sites for hydroxylation is 2. The van der Waals surface area contributed by atoms with Gasteiger partial charge in [-0.3, -0.25) is 4.99 Å². The minimum atomic E-state index is 0.856. The molecule has 0 fully saturated rings. The van der Waals surface area contributed by atoms with Crippen molar-refractivity contribution in [3.05, 3.63) is 65.0 Å². The zero-order chi connectivity index (χ0) is 15.4. The van der Waals surface area contributed by atoms with Gasteiger partial charge in [-0.25, -0.2) is 4.98 Å². The van der Waals surface area contributed by atoms with E-state index >= 15 is 0 Å². The number of pyridine rings is 1. The van der Waals surface area contributed by atoms with Crippen LogP contribution >= 0.6 is 0 Å². The molecule has 1 aromatic heterocycles. The molecule has 108 valence electrons. The summed E-state index contributed by atoms with van der Waals surface area (Å²) < 4.78 is 0. The van der Waals surface area contributed by atoms with Gasteiger partial charge in [0.1, 0.15) is 5.82 Å². The summed E-state index contributed by atoms with van der Waals surface area (Å²) in [5.74, 6) is 0.856. The average molecular weight is 279 g/mol. The summed E-state index contributed by atoms with van der Waals surface area (Å²) in [5.41, 5.74) is 6.98. The number of nitrogens with zero attached hydrogens (tertiary/aromatic N) is 2. The van der Waals surface area contributed by atoms with Crippen LogP contribution in [0.4, 0.5) is 11.5 Å². The Labute approximate surface area is 126 Å². The summed E-state index contributed by atoms with van der Waals surface area (Å²) in [5, 5.41) is 3.39. The van der Waals surface area contributed by atoms with Gasteiger partial charge in [-0.05, 0) is 67.6 Å². The Morgan fingerprint density at radius 1 is 1.14 bits per heavy atom. The molecule has 0 aliphatic heterocycles. The van der Waals surface area contributed by atoms with Crippen molar-refractivity contribution in [3.63, 3.8) is 0 Å². The summed E-state index contributed by atoms with van der Waals surface area (Å²) in [7, 11) is 0. The van der Waals surface area contributed by atoms with Crippen LogP contribution in [0.3, 0.4) is 0 Å². The summed E-state index contributed by atoms with van der Waals surface area (Å²) in [4.78, 5) is 8.53. The van der Waals surface area contributed by atoms with Gasteiger partial charge >= 0.3 is 0 Å². The molecule has 1 N–H and O–H groups in total. The maximum absolute atomic E-state index is 4.40. The first-order chi connectivity index (χ1) is 10.0. The number of rotatable bonds is 4. The van der Waals surface area contributed by atoms with E-state index in [2.05, 4.69) is 54.8 Å². The Kier molecular flexibility index (Phi) is 4.53. The molecule has 0 unspecified atom stereocenters. The van der Waals surface area contributed by atoms with Crippen molar-refractivity contribution >= 4 is 17.7 Å². The highest BCUT2D eigenvalue weighted by atomic mass is 15.0. The Morgan fingerprint density at radius 2 is 1.90 bits per heavy atom. The van der Waals surface area contributed by atoms with Crippen LogP contribution in [0.25, 0.3) is 0 Å². The number of hydrogen-bond donors (Lipinski definition) is 1. The molecule has 1 aromatic carbocycles. The van der Waals surface area contributed by atoms with Crippen molar-refractivity contribution < 1.29 is 0 Å². The lowest BCUT2D eigenvalue weighted by Crippen LogP contribution is -2.02. The van der Waals surface area contributed by atoms with Gasteiger partial charge < -0.3 is 5.32 Å². The molecular formula is C18H21N3. The molecule has 2 rings (SSSR count). The van der Waals surface area contributed by atoms with Crippen molar-refractivity contribution in [2.24, 2.45) is 4.99 Å². The van der Waals surface area contributed by atoms with E-state index in [1.807, 2.05) is 25.4 Å². The van der Waals surface area contributed by atoms with Gasteiger partial charge in [0.05, 0.1) is 0 Å². The third kappa shape index (κ3) is 3.37. The molecule has 0 radical (unpaired) electrons. The monoisotopic (exact) mass is 279 g/mol. The van der Waals surface area contributed by atoms with E-state index in [1.54, 1.807) is 6.20 Å². The summed E-state index contributed by atoms with van der Waals surface area (Å²) in [6, 6.07) is 6.18. The second-order valence-corrected chi connectivity index (χ2v) is 5.21. The molecule has 0 atom stereocenters. The number of aromatic nitrogens is 1. The lowest BCUT2D eigenvalue weighted by atomic mass is 9.97. The maximum atomic E-state index is 4.40. The molecular weight excluding hydrogens is 258 g/mol. The van der Waals surface area contributed by atoms with E-state index in [0.717, 1.165) is 22.6 Å². The minimum Gasteiger partial charge on any atom is -0.340 e. The molecule has 3 nitrogen and oxygen atoms in total. The number of nitrogens with one attached hydrogen (secondary N) is 1. The Hall–Kier alpha value is -2.42. The van der Waals surface area contributed by atoms with Gasteiger partial charge in [0.2, 0.25) is 0 Å². The summed E-state index contributed by atoms with van der Waals surface area (Å²) >= 11 is 0. The Balaban J connectivity index is 2.39. The topological polar surface area (TPSA) is 37.3 Å². The zero-order valence-corrected chi connectivity index (χ0v) is 13.1. The van der Waals surface area contributed by atoms with E-state index < -0.39 is 0 Å². The minimum absolute atomic E-state index is 0.856. The van der Waals surface area contributed by atoms with Crippen LogP contribution in [-0.2, 0) is 0 Å². The van der Waals surface area contributed by atoms with Crippen LogP contribution in [0.2, 0.25) is 0 Å². The summed E-state index contributed by atoms with van der Waals surface area (Å²) in [6.07, 6.45) is 5.28. The molecule has 2 aromatic rings. The standard InChI is InChI=1S/C18H21N3/c1-6-19-11-16-13(3)9-17(15(5)14(16)4)21-18-8-7-12(2)10-20-18/h6-11H,1H2,2-5H3,(H,20,21)/b19-11-.